The van der Waals surface area contributed by atoms with E-state index >= 15 is 0 Å². The van der Waals surface area contributed by atoms with Crippen molar-refractivity contribution in [3.05, 3.63) is 58.1 Å². The third kappa shape index (κ3) is 7.71. The van der Waals surface area contributed by atoms with E-state index in [1.165, 1.54) is 6.08 Å². The van der Waals surface area contributed by atoms with E-state index in [4.69, 9.17) is 14.2 Å². The maximum Gasteiger partial charge on any atom is 0.331 e. The number of hydrogen-bond donors (Lipinski definition) is 1. The Hall–Kier alpha value is -2.06. The van der Waals surface area contributed by atoms with Crippen molar-refractivity contribution >= 4 is 23.4 Å². The molecule has 1 aromatic rings. The molecule has 1 aromatic heterocycles. The van der Waals surface area contributed by atoms with Crippen molar-refractivity contribution in [2.45, 2.75) is 95.9 Å². The van der Waals surface area contributed by atoms with Gasteiger partial charge in [-0.15, -0.1) is 11.3 Å². The van der Waals surface area contributed by atoms with Crippen LogP contribution in [-0.4, -0.2) is 52.7 Å². The first-order valence-corrected chi connectivity index (χ1v) is 13.4. The molecule has 0 unspecified atom stereocenters. The zero-order chi connectivity index (χ0) is 24.9. The maximum atomic E-state index is 12.7. The summed E-state index contributed by atoms with van der Waals surface area (Å²) in [5.41, 5.74) is 2.78. The fourth-order valence-electron chi connectivity index (χ4n) is 5.01. The lowest BCUT2D eigenvalue weighted by atomic mass is 9.91. The average molecular weight is 500 g/mol. The summed E-state index contributed by atoms with van der Waals surface area (Å²) < 4.78 is 17.9. The lowest BCUT2D eigenvalue weighted by Crippen LogP contribution is -2.26. The molecule has 0 amide bonds. The Balaban J connectivity index is 1.50. The Morgan fingerprint density at radius 2 is 2.06 bits per heavy atom. The standard InChI is InChI=1S/C28H37NO5S/c1-17-11-18(2)13-24(30)28-26(34-28)15-25(19(3)14-21-16-35-20(4)29-21)33-27(31)10-6-8-22-7-5-9-23(12-17)32-22/h5-7,10,14,16-17,22-26,28,30H,2,8-9,11-13,15H2,1,3-4H3/b10-6+,19-14+/t17-,22-,23-,24-,25-,26-,28-/m0/s1. The smallest absolute Gasteiger partial charge is 0.331 e. The highest BCUT2D eigenvalue weighted by molar-refractivity contribution is 7.09. The van der Waals surface area contributed by atoms with Gasteiger partial charge in [-0.25, -0.2) is 9.78 Å². The molecular weight excluding hydrogens is 462 g/mol. The molecule has 0 aliphatic carbocycles. The summed E-state index contributed by atoms with van der Waals surface area (Å²) in [6.07, 6.45) is 12.4. The fraction of sp³-hybridized carbons (Fsp3) is 0.571. The van der Waals surface area contributed by atoms with Crippen LogP contribution in [0.3, 0.4) is 0 Å². The molecule has 7 atom stereocenters. The number of carbonyl (C=O) groups excluding carboxylic acids is 1. The lowest BCUT2D eigenvalue weighted by molar-refractivity contribution is -0.141. The van der Waals surface area contributed by atoms with Gasteiger partial charge < -0.3 is 19.3 Å². The van der Waals surface area contributed by atoms with E-state index in [1.807, 2.05) is 31.4 Å². The molecule has 0 aromatic carbocycles. The predicted molar refractivity (Wildman–Crippen MR) is 138 cm³/mol. The van der Waals surface area contributed by atoms with Gasteiger partial charge in [0.15, 0.2) is 0 Å². The van der Waals surface area contributed by atoms with E-state index in [9.17, 15) is 9.90 Å². The molecule has 190 valence electrons. The molecule has 4 heterocycles. The van der Waals surface area contributed by atoms with Gasteiger partial charge in [-0.3, -0.25) is 0 Å². The van der Waals surface area contributed by atoms with E-state index in [0.717, 1.165) is 41.1 Å². The highest BCUT2D eigenvalue weighted by Crippen LogP contribution is 2.35. The van der Waals surface area contributed by atoms with Crippen LogP contribution in [-0.2, 0) is 19.0 Å². The molecule has 2 bridgehead atoms. The summed E-state index contributed by atoms with van der Waals surface area (Å²) in [6, 6.07) is 0. The van der Waals surface area contributed by atoms with Crippen LogP contribution in [0.2, 0.25) is 0 Å². The van der Waals surface area contributed by atoms with Gasteiger partial charge in [0.2, 0.25) is 0 Å². The topological polar surface area (TPSA) is 81.2 Å². The van der Waals surface area contributed by atoms with Crippen LogP contribution in [0.1, 0.15) is 63.1 Å². The fourth-order valence-corrected chi connectivity index (χ4v) is 5.58. The summed E-state index contributed by atoms with van der Waals surface area (Å²) in [5, 5.41) is 13.7. The molecule has 6 nitrogen and oxygen atoms in total. The van der Waals surface area contributed by atoms with Gasteiger partial charge in [0.1, 0.15) is 12.2 Å². The first kappa shape index (κ1) is 26.0. The van der Waals surface area contributed by atoms with Gasteiger partial charge in [-0.05, 0) is 63.5 Å². The summed E-state index contributed by atoms with van der Waals surface area (Å²) in [4.78, 5) is 17.2. The number of rotatable bonds is 2. The first-order valence-electron chi connectivity index (χ1n) is 12.6. The van der Waals surface area contributed by atoms with Crippen molar-refractivity contribution in [2.75, 3.05) is 0 Å². The van der Waals surface area contributed by atoms with Gasteiger partial charge in [0.25, 0.3) is 0 Å². The summed E-state index contributed by atoms with van der Waals surface area (Å²) in [7, 11) is 0. The number of epoxide rings is 1. The third-order valence-electron chi connectivity index (χ3n) is 6.77. The Kier molecular flexibility index (Phi) is 8.76. The SMILES string of the molecule is C=C1C[C@H](C)C[C@@H]2CC=C[C@@H](C/C=C/C(=O)O[C@H](/C(C)=C/c3csc(C)n3)C[C@@H]3O[C@H]3[C@@H](O)C1)O2. The molecule has 7 heteroatoms. The molecule has 1 saturated heterocycles. The number of nitrogens with zero attached hydrogens (tertiary/aromatic N) is 1. The second kappa shape index (κ2) is 11.8. The highest BCUT2D eigenvalue weighted by Gasteiger charge is 2.46. The molecule has 3 aliphatic rings. The number of aliphatic hydroxyl groups is 1. The monoisotopic (exact) mass is 499 g/mol. The van der Waals surface area contributed by atoms with Gasteiger partial charge >= 0.3 is 5.97 Å². The minimum atomic E-state index is -0.612. The second-order valence-corrected chi connectivity index (χ2v) is 11.2. The number of carbonyl (C=O) groups is 1. The minimum absolute atomic E-state index is 0.0418. The number of hydrogen-bond acceptors (Lipinski definition) is 7. The predicted octanol–water partition coefficient (Wildman–Crippen LogP) is 5.32. The number of fused-ring (bicyclic) bond motifs is 3. The Morgan fingerprint density at radius 3 is 2.83 bits per heavy atom. The zero-order valence-corrected chi connectivity index (χ0v) is 21.7. The van der Waals surface area contributed by atoms with Gasteiger partial charge in [0.05, 0.1) is 35.1 Å². The van der Waals surface area contributed by atoms with Crippen molar-refractivity contribution in [2.24, 2.45) is 5.92 Å². The van der Waals surface area contributed by atoms with Crippen molar-refractivity contribution in [3.8, 4) is 0 Å². The van der Waals surface area contributed by atoms with Crippen LogP contribution in [0.15, 0.2) is 47.4 Å². The minimum Gasteiger partial charge on any atom is -0.455 e. The van der Waals surface area contributed by atoms with Crippen LogP contribution in [0.5, 0.6) is 0 Å². The molecule has 0 radical (unpaired) electrons. The number of aromatic nitrogens is 1. The van der Waals surface area contributed by atoms with Crippen LogP contribution >= 0.6 is 11.3 Å². The van der Waals surface area contributed by atoms with Crippen molar-refractivity contribution in [1.82, 2.24) is 4.98 Å². The first-order chi connectivity index (χ1) is 16.8. The lowest BCUT2D eigenvalue weighted by Gasteiger charge is -2.28. The quantitative estimate of drug-likeness (QED) is 0.337. The molecule has 0 saturated carbocycles. The highest BCUT2D eigenvalue weighted by atomic mass is 32.1. The molecule has 3 aliphatic heterocycles. The average Bonchev–Trinajstić information content (AvgIpc) is 3.44. The van der Waals surface area contributed by atoms with Gasteiger partial charge in [-0.1, -0.05) is 37.3 Å². The van der Waals surface area contributed by atoms with E-state index in [2.05, 4.69) is 30.6 Å². The number of ether oxygens (including phenoxy) is 3. The van der Waals surface area contributed by atoms with Gasteiger partial charge in [0, 0.05) is 17.9 Å². The van der Waals surface area contributed by atoms with E-state index in [1.54, 1.807) is 11.3 Å². The maximum absolute atomic E-state index is 12.7. The molecule has 1 fully saturated rings. The second-order valence-electron chi connectivity index (χ2n) is 10.1. The van der Waals surface area contributed by atoms with Crippen molar-refractivity contribution < 1.29 is 24.1 Å². The Morgan fingerprint density at radius 1 is 1.23 bits per heavy atom. The molecule has 35 heavy (non-hydrogen) atoms. The normalized spacial score (nSPS) is 36.0. The third-order valence-corrected chi connectivity index (χ3v) is 7.56. The van der Waals surface area contributed by atoms with Crippen LogP contribution < -0.4 is 0 Å². The number of thiazole rings is 1. The van der Waals surface area contributed by atoms with Crippen LogP contribution in [0, 0.1) is 12.8 Å². The van der Waals surface area contributed by atoms with Crippen molar-refractivity contribution in [1.29, 1.82) is 0 Å². The van der Waals surface area contributed by atoms with E-state index < -0.39 is 18.2 Å². The van der Waals surface area contributed by atoms with Gasteiger partial charge in [-0.2, -0.15) is 0 Å². The molecule has 4 rings (SSSR count). The molecular formula is C28H37NO5S. The summed E-state index contributed by atoms with van der Waals surface area (Å²) in [5.74, 6) is 0.0214. The largest absolute Gasteiger partial charge is 0.455 e. The summed E-state index contributed by atoms with van der Waals surface area (Å²) in [6.45, 7) is 10.3. The van der Waals surface area contributed by atoms with E-state index in [0.29, 0.717) is 25.2 Å². The summed E-state index contributed by atoms with van der Waals surface area (Å²) >= 11 is 1.58. The Bertz CT molecular complexity index is 995. The molecule has 0 spiro atoms. The molecule has 1 N–H and O–H groups in total. The number of aliphatic hydroxyl groups excluding tert-OH is 1. The number of esters is 1. The number of cyclic esters (lactones) is 1. The Labute approximate surface area is 212 Å². The van der Waals surface area contributed by atoms with Crippen LogP contribution in [0.4, 0.5) is 0 Å². The van der Waals surface area contributed by atoms with Crippen molar-refractivity contribution in [3.63, 3.8) is 0 Å². The van der Waals surface area contributed by atoms with E-state index in [-0.39, 0.29) is 24.4 Å². The van der Waals surface area contributed by atoms with Crippen LogP contribution in [0.25, 0.3) is 6.08 Å². The zero-order valence-electron chi connectivity index (χ0n) is 20.9. The number of aryl methyl sites for hydroxylation is 1.